The van der Waals surface area contributed by atoms with Gasteiger partial charge in [-0.15, -0.1) is 10.2 Å². The molecule has 6 nitrogen and oxygen atoms in total. The Morgan fingerprint density at radius 1 is 1.23 bits per heavy atom. The highest BCUT2D eigenvalue weighted by Gasteiger charge is 2.26. The minimum atomic E-state index is -0.171. The zero-order valence-corrected chi connectivity index (χ0v) is 16.6. The van der Waals surface area contributed by atoms with E-state index in [1.54, 1.807) is 7.11 Å². The molecule has 1 aromatic heterocycles. The molecule has 2 heterocycles. The summed E-state index contributed by atoms with van der Waals surface area (Å²) >= 11 is 1.47. The summed E-state index contributed by atoms with van der Waals surface area (Å²) in [5, 5.41) is 9.17. The Hall–Kier alpha value is -2.02. The van der Waals surface area contributed by atoms with Crippen LogP contribution in [0.1, 0.15) is 26.7 Å². The molecule has 2 aromatic rings. The molecule has 0 spiro atoms. The second-order valence-electron chi connectivity index (χ2n) is 6.86. The van der Waals surface area contributed by atoms with Crippen molar-refractivity contribution in [2.24, 2.45) is 13.0 Å². The van der Waals surface area contributed by atoms with E-state index < -0.39 is 0 Å². The largest absolute Gasteiger partial charge is 0.497 e. The maximum atomic E-state index is 12.7. The van der Waals surface area contributed by atoms with Crippen molar-refractivity contribution in [1.82, 2.24) is 19.7 Å². The number of hydrogen-bond acceptors (Lipinski definition) is 5. The summed E-state index contributed by atoms with van der Waals surface area (Å²) in [5.41, 5.74) is 0.969. The van der Waals surface area contributed by atoms with Crippen LogP contribution in [-0.2, 0) is 11.8 Å². The fourth-order valence-electron chi connectivity index (χ4n) is 3.10. The Morgan fingerprint density at radius 2 is 1.88 bits per heavy atom. The second-order valence-corrected chi connectivity index (χ2v) is 8.17. The predicted molar refractivity (Wildman–Crippen MR) is 103 cm³/mol. The summed E-state index contributed by atoms with van der Waals surface area (Å²) in [6.45, 7) is 5.93. The van der Waals surface area contributed by atoms with Crippen LogP contribution in [0.5, 0.6) is 5.75 Å². The van der Waals surface area contributed by atoms with Crippen LogP contribution < -0.4 is 4.74 Å². The van der Waals surface area contributed by atoms with E-state index in [9.17, 15) is 4.79 Å². The molecule has 0 aliphatic carbocycles. The molecule has 1 saturated heterocycles. The Labute approximate surface area is 158 Å². The number of nitrogens with zero attached hydrogens (tertiary/aromatic N) is 4. The Morgan fingerprint density at radius 3 is 2.50 bits per heavy atom. The molecule has 7 heteroatoms. The van der Waals surface area contributed by atoms with Crippen molar-refractivity contribution < 1.29 is 9.53 Å². The van der Waals surface area contributed by atoms with Gasteiger partial charge in [0.15, 0.2) is 11.0 Å². The number of amides is 1. The fourth-order valence-corrected chi connectivity index (χ4v) is 4.00. The van der Waals surface area contributed by atoms with Gasteiger partial charge in [-0.1, -0.05) is 18.7 Å². The van der Waals surface area contributed by atoms with Crippen molar-refractivity contribution in [1.29, 1.82) is 0 Å². The molecular weight excluding hydrogens is 348 g/mol. The zero-order chi connectivity index (χ0) is 18.7. The summed E-state index contributed by atoms with van der Waals surface area (Å²) in [7, 11) is 3.58. The van der Waals surface area contributed by atoms with E-state index in [4.69, 9.17) is 4.74 Å². The quantitative estimate of drug-likeness (QED) is 0.752. The fraction of sp³-hybridized carbons (Fsp3) is 0.526. The molecule has 0 radical (unpaired) electrons. The average Bonchev–Trinajstić information content (AvgIpc) is 3.02. The summed E-state index contributed by atoms with van der Waals surface area (Å²) in [4.78, 5) is 14.7. The van der Waals surface area contributed by atoms with E-state index >= 15 is 0 Å². The molecule has 26 heavy (non-hydrogen) atoms. The molecule has 1 fully saturated rings. The average molecular weight is 375 g/mol. The Bertz CT molecular complexity index is 751. The van der Waals surface area contributed by atoms with Gasteiger partial charge in [0.05, 0.1) is 12.4 Å². The predicted octanol–water partition coefficient (Wildman–Crippen LogP) is 3.23. The van der Waals surface area contributed by atoms with Gasteiger partial charge >= 0.3 is 0 Å². The number of hydrogen-bond donors (Lipinski definition) is 0. The first-order valence-electron chi connectivity index (χ1n) is 8.99. The molecule has 0 N–H and O–H groups in total. The number of thioether (sulfide) groups is 1. The van der Waals surface area contributed by atoms with Gasteiger partial charge in [-0.3, -0.25) is 4.79 Å². The minimum Gasteiger partial charge on any atom is -0.497 e. The van der Waals surface area contributed by atoms with Crippen LogP contribution in [0.25, 0.3) is 11.4 Å². The number of piperidine rings is 1. The van der Waals surface area contributed by atoms with Gasteiger partial charge in [0.25, 0.3) is 0 Å². The van der Waals surface area contributed by atoms with Gasteiger partial charge in [0.1, 0.15) is 5.75 Å². The summed E-state index contributed by atoms with van der Waals surface area (Å²) in [6, 6.07) is 7.72. The van der Waals surface area contributed by atoms with Gasteiger partial charge in [0, 0.05) is 25.7 Å². The van der Waals surface area contributed by atoms with E-state index in [2.05, 4.69) is 17.1 Å². The highest BCUT2D eigenvalue weighted by Crippen LogP contribution is 2.28. The molecule has 1 atom stereocenters. The van der Waals surface area contributed by atoms with Crippen molar-refractivity contribution >= 4 is 17.7 Å². The maximum Gasteiger partial charge on any atom is 0.235 e. The minimum absolute atomic E-state index is 0.171. The van der Waals surface area contributed by atoms with E-state index in [1.807, 2.05) is 47.7 Å². The van der Waals surface area contributed by atoms with Gasteiger partial charge in [-0.25, -0.2) is 0 Å². The number of likely N-dealkylation sites (tertiary alicyclic amines) is 1. The van der Waals surface area contributed by atoms with Crippen molar-refractivity contribution in [2.75, 3.05) is 20.2 Å². The third-order valence-corrected chi connectivity index (χ3v) is 6.03. The first-order valence-corrected chi connectivity index (χ1v) is 9.86. The smallest absolute Gasteiger partial charge is 0.235 e. The van der Waals surface area contributed by atoms with Gasteiger partial charge in [-0.05, 0) is 49.9 Å². The van der Waals surface area contributed by atoms with Crippen molar-refractivity contribution in [3.05, 3.63) is 24.3 Å². The number of carbonyl (C=O) groups excluding carboxylic acids is 1. The third-order valence-electron chi connectivity index (χ3n) is 4.91. The number of carbonyl (C=O) groups is 1. The van der Waals surface area contributed by atoms with Gasteiger partial charge in [-0.2, -0.15) is 0 Å². The van der Waals surface area contributed by atoms with Crippen LogP contribution >= 0.6 is 11.8 Å². The number of aromatic nitrogens is 3. The highest BCUT2D eigenvalue weighted by molar-refractivity contribution is 8.00. The van der Waals surface area contributed by atoms with Crippen LogP contribution in [0.3, 0.4) is 0 Å². The molecule has 1 aromatic carbocycles. The van der Waals surface area contributed by atoms with Crippen molar-refractivity contribution in [2.45, 2.75) is 37.1 Å². The van der Waals surface area contributed by atoms with Crippen molar-refractivity contribution in [3.8, 4) is 17.1 Å². The number of methoxy groups -OCH3 is 1. The summed E-state index contributed by atoms with van der Waals surface area (Å²) < 4.78 is 7.13. The van der Waals surface area contributed by atoms with Gasteiger partial charge in [0.2, 0.25) is 5.91 Å². The third kappa shape index (κ3) is 4.03. The summed E-state index contributed by atoms with van der Waals surface area (Å²) in [6.07, 6.45) is 2.18. The molecule has 0 bridgehead atoms. The van der Waals surface area contributed by atoms with Crippen LogP contribution in [0.2, 0.25) is 0 Å². The van der Waals surface area contributed by atoms with Gasteiger partial charge < -0.3 is 14.2 Å². The number of ether oxygens (including phenoxy) is 1. The monoisotopic (exact) mass is 374 g/mol. The molecule has 1 aliphatic rings. The molecule has 1 amide bonds. The second kappa shape index (κ2) is 8.12. The normalized spacial score (nSPS) is 16.5. The highest BCUT2D eigenvalue weighted by atomic mass is 32.2. The lowest BCUT2D eigenvalue weighted by Gasteiger charge is -2.31. The lowest BCUT2D eigenvalue weighted by Crippen LogP contribution is -2.41. The van der Waals surface area contributed by atoms with Crippen LogP contribution in [0, 0.1) is 5.92 Å². The molecule has 0 unspecified atom stereocenters. The number of rotatable bonds is 5. The topological polar surface area (TPSA) is 60.3 Å². The van der Waals surface area contributed by atoms with E-state index in [0.717, 1.165) is 48.2 Å². The maximum absolute atomic E-state index is 12.7. The van der Waals surface area contributed by atoms with Crippen LogP contribution in [0.4, 0.5) is 0 Å². The molecule has 3 rings (SSSR count). The lowest BCUT2D eigenvalue weighted by atomic mass is 9.99. The SMILES string of the molecule is COc1ccc(-c2nnc(S[C@@H](C)C(=O)N3CCC(C)CC3)n2C)cc1. The van der Waals surface area contributed by atoms with E-state index in [0.29, 0.717) is 5.92 Å². The van der Waals surface area contributed by atoms with E-state index in [1.165, 1.54) is 11.8 Å². The molecule has 140 valence electrons. The Kier molecular flexibility index (Phi) is 5.86. The standard InChI is InChI=1S/C19H26N4O2S/c1-13-9-11-23(12-10-13)18(24)14(2)26-19-21-20-17(22(19)3)15-5-7-16(25-4)8-6-15/h5-8,13-14H,9-12H2,1-4H3/t14-/m0/s1. The molecule has 1 aliphatic heterocycles. The van der Waals surface area contributed by atoms with Crippen LogP contribution in [0.15, 0.2) is 29.4 Å². The number of benzene rings is 1. The first kappa shape index (κ1) is 18.8. The van der Waals surface area contributed by atoms with E-state index in [-0.39, 0.29) is 11.2 Å². The summed E-state index contributed by atoms with van der Waals surface area (Å²) in [5.74, 6) is 2.49. The molecular formula is C19H26N4O2S. The Balaban J connectivity index is 1.68. The molecule has 0 saturated carbocycles. The first-order chi connectivity index (χ1) is 12.5. The van der Waals surface area contributed by atoms with Crippen molar-refractivity contribution in [3.63, 3.8) is 0 Å². The zero-order valence-electron chi connectivity index (χ0n) is 15.8. The lowest BCUT2D eigenvalue weighted by molar-refractivity contribution is -0.131. The van der Waals surface area contributed by atoms with Crippen LogP contribution in [-0.4, -0.2) is 51.0 Å².